The summed E-state index contributed by atoms with van der Waals surface area (Å²) in [6, 6.07) is 4.21. The van der Waals surface area contributed by atoms with Gasteiger partial charge < -0.3 is 5.73 Å². The molecule has 5 heteroatoms. The van der Waals surface area contributed by atoms with Crippen LogP contribution >= 0.6 is 0 Å². The van der Waals surface area contributed by atoms with Crippen molar-refractivity contribution in [3.05, 3.63) is 35.1 Å². The molecule has 0 spiro atoms. The summed E-state index contributed by atoms with van der Waals surface area (Å²) < 4.78 is 51.2. The number of aryl methyl sites for hydroxylation is 1. The molecule has 1 unspecified atom stereocenters. The van der Waals surface area contributed by atoms with Crippen molar-refractivity contribution < 1.29 is 17.6 Å². The molecule has 1 aromatic carbocycles. The van der Waals surface area contributed by atoms with Gasteiger partial charge in [0.05, 0.1) is 5.92 Å². The summed E-state index contributed by atoms with van der Waals surface area (Å²) in [6.45, 7) is 1.78. The fourth-order valence-corrected chi connectivity index (χ4v) is 3.03. The number of rotatable bonds is 2. The second-order valence-electron chi connectivity index (χ2n) is 5.74. The monoisotopic (exact) mass is 289 g/mol. The van der Waals surface area contributed by atoms with E-state index in [2.05, 4.69) is 0 Å². The van der Waals surface area contributed by atoms with Crippen LogP contribution in [0.15, 0.2) is 18.2 Å². The van der Waals surface area contributed by atoms with Crippen LogP contribution in [0.1, 0.15) is 42.9 Å². The summed E-state index contributed by atoms with van der Waals surface area (Å²) in [6.07, 6.45) is -2.97. The van der Waals surface area contributed by atoms with E-state index in [4.69, 9.17) is 5.73 Å². The van der Waals surface area contributed by atoms with Crippen LogP contribution in [-0.4, -0.2) is 6.18 Å². The van der Waals surface area contributed by atoms with Crippen molar-refractivity contribution in [1.29, 1.82) is 0 Å². The van der Waals surface area contributed by atoms with Gasteiger partial charge in [0.25, 0.3) is 0 Å². The predicted molar refractivity (Wildman–Crippen MR) is 69.6 cm³/mol. The number of benzene rings is 1. The molecule has 0 radical (unpaired) electrons. The zero-order chi connectivity index (χ0) is 14.9. The Bertz CT molecular complexity index is 441. The van der Waals surface area contributed by atoms with Crippen LogP contribution in [0.25, 0.3) is 0 Å². The molecular formula is C15H19F4N. The molecule has 1 aliphatic rings. The first kappa shape index (κ1) is 15.3. The third-order valence-electron chi connectivity index (χ3n) is 4.19. The highest BCUT2D eigenvalue weighted by Crippen LogP contribution is 2.42. The molecule has 1 atom stereocenters. The summed E-state index contributed by atoms with van der Waals surface area (Å²) in [7, 11) is 0. The fraction of sp³-hybridized carbons (Fsp3) is 0.600. The molecule has 0 saturated heterocycles. The molecule has 0 aromatic heterocycles. The number of hydrogen-bond donors (Lipinski definition) is 1. The zero-order valence-corrected chi connectivity index (χ0v) is 11.4. The largest absolute Gasteiger partial charge is 0.391 e. The molecule has 0 amide bonds. The van der Waals surface area contributed by atoms with Crippen molar-refractivity contribution in [1.82, 2.24) is 0 Å². The van der Waals surface area contributed by atoms with Gasteiger partial charge in [-0.1, -0.05) is 6.07 Å². The molecule has 0 heterocycles. The van der Waals surface area contributed by atoms with Crippen molar-refractivity contribution in [3.63, 3.8) is 0 Å². The zero-order valence-electron chi connectivity index (χ0n) is 11.4. The van der Waals surface area contributed by atoms with Gasteiger partial charge in [0, 0.05) is 6.04 Å². The SMILES string of the molecule is Cc1cc(F)cc(C(N)C2CCC(C(F)(F)F)CC2)c1. The molecule has 2 N–H and O–H groups in total. The van der Waals surface area contributed by atoms with Gasteiger partial charge in [-0.25, -0.2) is 4.39 Å². The first-order valence-corrected chi connectivity index (χ1v) is 6.86. The summed E-state index contributed by atoms with van der Waals surface area (Å²) in [4.78, 5) is 0. The van der Waals surface area contributed by atoms with Crippen LogP contribution in [0.4, 0.5) is 17.6 Å². The van der Waals surface area contributed by atoms with E-state index < -0.39 is 18.1 Å². The highest BCUT2D eigenvalue weighted by Gasteiger charge is 2.42. The van der Waals surface area contributed by atoms with E-state index >= 15 is 0 Å². The van der Waals surface area contributed by atoms with E-state index in [9.17, 15) is 17.6 Å². The lowest BCUT2D eigenvalue weighted by Gasteiger charge is -2.33. The van der Waals surface area contributed by atoms with Crippen molar-refractivity contribution in [2.45, 2.75) is 44.8 Å². The fourth-order valence-electron chi connectivity index (χ4n) is 3.03. The third kappa shape index (κ3) is 3.51. The maximum Gasteiger partial charge on any atom is 0.391 e. The Kier molecular flexibility index (Phi) is 4.37. The van der Waals surface area contributed by atoms with Gasteiger partial charge in [-0.05, 0) is 61.8 Å². The Morgan fingerprint density at radius 3 is 2.20 bits per heavy atom. The molecule has 112 valence electrons. The Balaban J connectivity index is 2.03. The van der Waals surface area contributed by atoms with E-state index in [0.717, 1.165) is 5.56 Å². The summed E-state index contributed by atoms with van der Waals surface area (Å²) >= 11 is 0. The second-order valence-corrected chi connectivity index (χ2v) is 5.74. The average Bonchev–Trinajstić information content (AvgIpc) is 2.36. The van der Waals surface area contributed by atoms with E-state index in [1.54, 1.807) is 6.92 Å². The van der Waals surface area contributed by atoms with Gasteiger partial charge in [0.15, 0.2) is 0 Å². The molecule has 0 bridgehead atoms. The normalized spacial score (nSPS) is 25.5. The molecule has 0 aliphatic heterocycles. The Hall–Kier alpha value is -1.10. The molecule has 2 rings (SSSR count). The van der Waals surface area contributed by atoms with Crippen LogP contribution in [0.2, 0.25) is 0 Å². The van der Waals surface area contributed by atoms with Gasteiger partial charge >= 0.3 is 6.18 Å². The van der Waals surface area contributed by atoms with Crippen molar-refractivity contribution >= 4 is 0 Å². The Labute approximate surface area is 116 Å². The predicted octanol–water partition coefficient (Wildman–Crippen LogP) is 4.50. The van der Waals surface area contributed by atoms with Gasteiger partial charge in [0.1, 0.15) is 5.82 Å². The Morgan fingerprint density at radius 2 is 1.70 bits per heavy atom. The first-order valence-electron chi connectivity index (χ1n) is 6.86. The van der Waals surface area contributed by atoms with Gasteiger partial charge in [0.2, 0.25) is 0 Å². The van der Waals surface area contributed by atoms with E-state index in [-0.39, 0.29) is 24.6 Å². The standard InChI is InChI=1S/C15H19F4N/c1-9-6-11(8-13(16)7-9)14(20)10-2-4-12(5-3-10)15(17,18)19/h6-8,10,12,14H,2-5,20H2,1H3. The number of alkyl halides is 3. The number of halogens is 4. The van der Waals surface area contributed by atoms with Crippen LogP contribution < -0.4 is 5.73 Å². The van der Waals surface area contributed by atoms with Crippen molar-refractivity contribution in [2.75, 3.05) is 0 Å². The first-order chi connectivity index (χ1) is 9.27. The summed E-state index contributed by atoms with van der Waals surface area (Å²) in [5, 5.41) is 0. The lowest BCUT2D eigenvalue weighted by molar-refractivity contribution is -0.184. The maximum atomic E-state index is 13.4. The van der Waals surface area contributed by atoms with Crippen LogP contribution in [0, 0.1) is 24.6 Å². The van der Waals surface area contributed by atoms with Crippen molar-refractivity contribution in [3.8, 4) is 0 Å². The third-order valence-corrected chi connectivity index (χ3v) is 4.19. The van der Waals surface area contributed by atoms with Crippen LogP contribution in [0.5, 0.6) is 0 Å². The molecule has 1 aliphatic carbocycles. The van der Waals surface area contributed by atoms with Crippen LogP contribution in [-0.2, 0) is 0 Å². The lowest BCUT2D eigenvalue weighted by Crippen LogP contribution is -2.31. The Morgan fingerprint density at radius 1 is 1.10 bits per heavy atom. The van der Waals surface area contributed by atoms with E-state index in [0.29, 0.717) is 18.4 Å². The van der Waals surface area contributed by atoms with Crippen LogP contribution in [0.3, 0.4) is 0 Å². The smallest absolute Gasteiger partial charge is 0.324 e. The summed E-state index contributed by atoms with van der Waals surface area (Å²) in [5.41, 5.74) is 7.57. The number of hydrogen-bond acceptors (Lipinski definition) is 1. The minimum Gasteiger partial charge on any atom is -0.324 e. The van der Waals surface area contributed by atoms with E-state index in [1.165, 1.54) is 12.1 Å². The van der Waals surface area contributed by atoms with Crippen molar-refractivity contribution in [2.24, 2.45) is 17.6 Å². The molecule has 1 saturated carbocycles. The van der Waals surface area contributed by atoms with E-state index in [1.807, 2.05) is 6.07 Å². The molecule has 1 nitrogen and oxygen atoms in total. The molecule has 20 heavy (non-hydrogen) atoms. The van der Waals surface area contributed by atoms with Gasteiger partial charge in [-0.3, -0.25) is 0 Å². The number of nitrogens with two attached hydrogens (primary N) is 1. The molecule has 1 fully saturated rings. The highest BCUT2D eigenvalue weighted by atomic mass is 19.4. The average molecular weight is 289 g/mol. The topological polar surface area (TPSA) is 26.0 Å². The maximum absolute atomic E-state index is 13.4. The minimum atomic E-state index is -4.11. The lowest BCUT2D eigenvalue weighted by atomic mass is 9.76. The molecular weight excluding hydrogens is 270 g/mol. The second kappa shape index (κ2) is 5.72. The molecule has 1 aromatic rings. The summed E-state index contributed by atoms with van der Waals surface area (Å²) in [5.74, 6) is -1.56. The van der Waals surface area contributed by atoms with Gasteiger partial charge in [-0.15, -0.1) is 0 Å². The van der Waals surface area contributed by atoms with Gasteiger partial charge in [-0.2, -0.15) is 13.2 Å². The quantitative estimate of drug-likeness (QED) is 0.797. The highest BCUT2D eigenvalue weighted by molar-refractivity contribution is 5.26. The minimum absolute atomic E-state index is 0.00481.